The molecule has 0 aliphatic carbocycles. The van der Waals surface area contributed by atoms with Crippen LogP contribution in [0.25, 0.3) is 0 Å². The van der Waals surface area contributed by atoms with Gasteiger partial charge in [-0.15, -0.1) is 0 Å². The number of aromatic amines is 1. The molecular formula is C15H19N5O3. The predicted octanol–water partition coefficient (Wildman–Crippen LogP) is 0.723. The monoisotopic (exact) mass is 317 g/mol. The highest BCUT2D eigenvalue weighted by Gasteiger charge is 2.18. The normalized spacial score (nSPS) is 13.0. The number of hydrogen-bond donors (Lipinski definition) is 2. The zero-order valence-electron chi connectivity index (χ0n) is 13.1. The van der Waals surface area contributed by atoms with E-state index in [1.807, 2.05) is 0 Å². The molecule has 0 saturated carbocycles. The molecule has 0 atom stereocenters. The second-order valence-corrected chi connectivity index (χ2v) is 5.40. The van der Waals surface area contributed by atoms with E-state index < -0.39 is 0 Å². The Morgan fingerprint density at radius 3 is 2.78 bits per heavy atom. The molecule has 8 nitrogen and oxygen atoms in total. The number of carboxylic acid groups (broad SMARTS) is 1. The molecule has 2 N–H and O–H groups in total. The van der Waals surface area contributed by atoms with Crippen molar-refractivity contribution in [3.8, 4) is 0 Å². The van der Waals surface area contributed by atoms with Crippen LogP contribution in [0, 0.1) is 0 Å². The van der Waals surface area contributed by atoms with E-state index in [1.54, 1.807) is 11.9 Å². The molecule has 1 aliphatic rings. The fraction of sp³-hybridized carbons (Fsp3) is 0.333. The van der Waals surface area contributed by atoms with Crippen molar-refractivity contribution in [2.24, 2.45) is 0 Å². The average molecular weight is 317 g/mol. The highest BCUT2D eigenvalue weighted by Crippen LogP contribution is 2.22. The number of aromatic nitrogens is 3. The lowest BCUT2D eigenvalue weighted by Crippen LogP contribution is -2.26. The molecule has 2 aromatic rings. The maximum Gasteiger partial charge on any atom is 0.290 e. The molecule has 0 fully saturated rings. The molecule has 1 aromatic carbocycles. The van der Waals surface area contributed by atoms with Gasteiger partial charge in [0.05, 0.1) is 6.20 Å². The first kappa shape index (κ1) is 16.6. The first-order valence-corrected chi connectivity index (χ1v) is 7.03. The van der Waals surface area contributed by atoms with Gasteiger partial charge in [-0.3, -0.25) is 14.5 Å². The largest absolute Gasteiger partial charge is 0.483 e. The Kier molecular flexibility index (Phi) is 5.42. The van der Waals surface area contributed by atoms with Crippen molar-refractivity contribution in [2.45, 2.75) is 19.6 Å². The third kappa shape index (κ3) is 4.13. The van der Waals surface area contributed by atoms with Gasteiger partial charge in [0.2, 0.25) is 0 Å². The number of carbonyl (C=O) groups is 2. The molecule has 122 valence electrons. The van der Waals surface area contributed by atoms with Gasteiger partial charge in [-0.1, -0.05) is 18.2 Å². The second kappa shape index (κ2) is 7.50. The highest BCUT2D eigenvalue weighted by atomic mass is 16.3. The van der Waals surface area contributed by atoms with Crippen LogP contribution in [0.5, 0.6) is 0 Å². The van der Waals surface area contributed by atoms with Crippen LogP contribution in [-0.2, 0) is 24.4 Å². The van der Waals surface area contributed by atoms with Gasteiger partial charge in [0.25, 0.3) is 12.4 Å². The van der Waals surface area contributed by atoms with E-state index in [-0.39, 0.29) is 12.4 Å². The van der Waals surface area contributed by atoms with E-state index >= 15 is 0 Å². The minimum absolute atomic E-state index is 0.128. The van der Waals surface area contributed by atoms with Crippen LogP contribution >= 0.6 is 0 Å². The summed E-state index contributed by atoms with van der Waals surface area (Å²) in [5.74, 6) is -0.128. The van der Waals surface area contributed by atoms with E-state index in [2.05, 4.69) is 45.6 Å². The fourth-order valence-electron chi connectivity index (χ4n) is 2.56. The van der Waals surface area contributed by atoms with Crippen molar-refractivity contribution in [2.75, 3.05) is 14.1 Å². The van der Waals surface area contributed by atoms with E-state index in [9.17, 15) is 4.79 Å². The molecule has 3 rings (SSSR count). The maximum atomic E-state index is 12.1. The van der Waals surface area contributed by atoms with Gasteiger partial charge in [0, 0.05) is 26.7 Å². The standard InChI is InChI=1S/C14H17N5O.CH2O2/c1-18-8-11-4-3-10(5-12(11)9-18)7-19(2)14(20)13-6-15-17-16-13;2-1-3/h3-6H,7-9H2,1-2H3,(H,15,16,17);1H,(H,2,3). The summed E-state index contributed by atoms with van der Waals surface area (Å²) in [5, 5.41) is 16.8. The average Bonchev–Trinajstić information content (AvgIpc) is 3.15. The molecule has 0 radical (unpaired) electrons. The second-order valence-electron chi connectivity index (χ2n) is 5.40. The smallest absolute Gasteiger partial charge is 0.290 e. The maximum absolute atomic E-state index is 12.1. The number of fused-ring (bicyclic) bond motifs is 1. The number of benzene rings is 1. The van der Waals surface area contributed by atoms with Crippen LogP contribution in [0.2, 0.25) is 0 Å². The van der Waals surface area contributed by atoms with Crippen LogP contribution in [0.1, 0.15) is 27.2 Å². The number of hydrogen-bond acceptors (Lipinski definition) is 5. The number of amides is 1. The summed E-state index contributed by atoms with van der Waals surface area (Å²) >= 11 is 0. The van der Waals surface area contributed by atoms with Crippen molar-refractivity contribution >= 4 is 12.4 Å². The Bertz CT molecular complexity index is 672. The van der Waals surface area contributed by atoms with Crippen molar-refractivity contribution in [1.82, 2.24) is 25.2 Å². The third-order valence-corrected chi connectivity index (χ3v) is 3.55. The number of rotatable bonds is 3. The SMILES string of the molecule is CN1Cc2ccc(CN(C)C(=O)c3cn[nH]n3)cc2C1.O=CO. The Labute approximate surface area is 133 Å². The van der Waals surface area contributed by atoms with Crippen molar-refractivity contribution in [3.63, 3.8) is 0 Å². The molecule has 0 unspecified atom stereocenters. The summed E-state index contributed by atoms with van der Waals surface area (Å²) in [6.07, 6.45) is 1.44. The minimum atomic E-state index is -0.250. The highest BCUT2D eigenvalue weighted by molar-refractivity contribution is 5.91. The molecule has 0 saturated heterocycles. The molecule has 0 spiro atoms. The summed E-state index contributed by atoms with van der Waals surface area (Å²) in [6.45, 7) is 2.30. The summed E-state index contributed by atoms with van der Waals surface area (Å²) in [4.78, 5) is 24.4. The Balaban J connectivity index is 0.000000595. The van der Waals surface area contributed by atoms with Gasteiger partial charge in [-0.2, -0.15) is 15.4 Å². The Morgan fingerprint density at radius 1 is 1.43 bits per heavy atom. The Morgan fingerprint density at radius 2 is 2.13 bits per heavy atom. The number of nitrogens with zero attached hydrogens (tertiary/aromatic N) is 4. The first-order valence-electron chi connectivity index (χ1n) is 7.03. The summed E-state index contributed by atoms with van der Waals surface area (Å²) in [7, 11) is 3.89. The Hall–Kier alpha value is -2.74. The minimum Gasteiger partial charge on any atom is -0.483 e. The van der Waals surface area contributed by atoms with Crippen molar-refractivity contribution in [3.05, 3.63) is 46.8 Å². The van der Waals surface area contributed by atoms with E-state index in [0.717, 1.165) is 18.7 Å². The zero-order valence-corrected chi connectivity index (χ0v) is 13.1. The summed E-state index contributed by atoms with van der Waals surface area (Å²) < 4.78 is 0. The van der Waals surface area contributed by atoms with Gasteiger partial charge in [-0.25, -0.2) is 0 Å². The van der Waals surface area contributed by atoms with Gasteiger partial charge in [-0.05, 0) is 23.7 Å². The summed E-state index contributed by atoms with van der Waals surface area (Å²) in [5.41, 5.74) is 4.21. The van der Waals surface area contributed by atoms with Crippen LogP contribution < -0.4 is 0 Å². The van der Waals surface area contributed by atoms with E-state index in [0.29, 0.717) is 12.2 Å². The van der Waals surface area contributed by atoms with Crippen molar-refractivity contribution < 1.29 is 14.7 Å². The molecular weight excluding hydrogens is 298 g/mol. The first-order chi connectivity index (χ1) is 11.0. The molecule has 2 heterocycles. The van der Waals surface area contributed by atoms with Crippen molar-refractivity contribution in [1.29, 1.82) is 0 Å². The molecule has 1 amide bonds. The molecule has 1 aromatic heterocycles. The van der Waals surface area contributed by atoms with Gasteiger partial charge >= 0.3 is 0 Å². The lowest BCUT2D eigenvalue weighted by Gasteiger charge is -2.16. The number of carbonyl (C=O) groups excluding carboxylic acids is 1. The van der Waals surface area contributed by atoms with Crippen LogP contribution in [-0.4, -0.2) is 56.8 Å². The van der Waals surface area contributed by atoms with E-state index in [1.165, 1.54) is 17.3 Å². The predicted molar refractivity (Wildman–Crippen MR) is 82.5 cm³/mol. The quantitative estimate of drug-likeness (QED) is 0.809. The zero-order chi connectivity index (χ0) is 16.8. The van der Waals surface area contributed by atoms with Crippen LogP contribution in [0.4, 0.5) is 0 Å². The molecule has 8 heteroatoms. The molecule has 0 bridgehead atoms. The van der Waals surface area contributed by atoms with Crippen LogP contribution in [0.15, 0.2) is 24.4 Å². The summed E-state index contributed by atoms with van der Waals surface area (Å²) in [6, 6.07) is 6.43. The lowest BCUT2D eigenvalue weighted by atomic mass is 10.1. The number of nitrogens with one attached hydrogen (secondary N) is 1. The van der Waals surface area contributed by atoms with Crippen LogP contribution in [0.3, 0.4) is 0 Å². The molecule has 23 heavy (non-hydrogen) atoms. The van der Waals surface area contributed by atoms with Gasteiger partial charge < -0.3 is 10.0 Å². The topological polar surface area (TPSA) is 102 Å². The van der Waals surface area contributed by atoms with E-state index in [4.69, 9.17) is 9.90 Å². The van der Waals surface area contributed by atoms with Gasteiger partial charge in [0.15, 0.2) is 5.69 Å². The third-order valence-electron chi connectivity index (χ3n) is 3.55. The van der Waals surface area contributed by atoms with Gasteiger partial charge in [0.1, 0.15) is 0 Å². The lowest BCUT2D eigenvalue weighted by molar-refractivity contribution is -0.122. The fourth-order valence-corrected chi connectivity index (χ4v) is 2.56. The molecule has 1 aliphatic heterocycles. The number of H-pyrrole nitrogens is 1.